The van der Waals surface area contributed by atoms with Crippen LogP contribution in [0.5, 0.6) is 0 Å². The molecule has 2 aromatic heterocycles. The van der Waals surface area contributed by atoms with Crippen molar-refractivity contribution < 1.29 is 9.59 Å². The minimum absolute atomic E-state index is 0.174. The van der Waals surface area contributed by atoms with Crippen molar-refractivity contribution in [2.75, 3.05) is 36.8 Å². The van der Waals surface area contributed by atoms with Gasteiger partial charge in [0.2, 0.25) is 0 Å². The number of aromatic nitrogens is 3. The third-order valence-electron chi connectivity index (χ3n) is 4.89. The molecule has 3 N–H and O–H groups in total. The molecule has 0 spiro atoms. The Labute approximate surface area is 191 Å². The molecule has 0 saturated carbocycles. The number of hydrogen-bond donors (Lipinski definition) is 3. The van der Waals surface area contributed by atoms with Crippen LogP contribution in [0.15, 0.2) is 42.9 Å². The molecule has 9 nitrogen and oxygen atoms in total. The highest BCUT2D eigenvalue weighted by atomic mass is 32.1. The lowest BCUT2D eigenvalue weighted by molar-refractivity contribution is 0.0947. The van der Waals surface area contributed by atoms with Crippen molar-refractivity contribution in [2.45, 2.75) is 20.8 Å². The number of likely N-dealkylation sites (N-methyl/N-ethyl adjacent to an activating group) is 1. The minimum Gasteiger partial charge on any atom is -0.351 e. The van der Waals surface area contributed by atoms with Gasteiger partial charge >= 0.3 is 0 Å². The van der Waals surface area contributed by atoms with Gasteiger partial charge in [0.1, 0.15) is 10.8 Å². The number of nitrogens with one attached hydrogen (secondary N) is 3. The van der Waals surface area contributed by atoms with E-state index < -0.39 is 0 Å². The largest absolute Gasteiger partial charge is 0.351 e. The van der Waals surface area contributed by atoms with Gasteiger partial charge in [-0.3, -0.25) is 14.6 Å². The number of rotatable bonds is 10. The van der Waals surface area contributed by atoms with Crippen molar-refractivity contribution in [3.8, 4) is 0 Å². The number of aryl methyl sites for hydroxylation is 1. The van der Waals surface area contributed by atoms with Gasteiger partial charge in [-0.05, 0) is 49.7 Å². The van der Waals surface area contributed by atoms with Crippen molar-refractivity contribution in [1.82, 2.24) is 24.6 Å². The predicted octanol–water partition coefficient (Wildman–Crippen LogP) is 3.31. The molecule has 2 amide bonds. The number of benzene rings is 1. The monoisotopic (exact) mass is 453 g/mol. The normalized spacial score (nSPS) is 10.8. The van der Waals surface area contributed by atoms with E-state index in [2.05, 4.69) is 49.0 Å². The number of anilines is 3. The Kier molecular flexibility index (Phi) is 8.23. The zero-order chi connectivity index (χ0) is 22.9. The SMILES string of the molecule is CCN(CC)CCNC(=O)c1cccc(NC(=O)c2c(C)nsc2Nc2cnccn2)c1. The molecular weight excluding hydrogens is 426 g/mol. The summed E-state index contributed by atoms with van der Waals surface area (Å²) < 4.78 is 4.29. The van der Waals surface area contributed by atoms with E-state index >= 15 is 0 Å². The summed E-state index contributed by atoms with van der Waals surface area (Å²) in [5, 5.41) is 9.45. The van der Waals surface area contributed by atoms with Gasteiger partial charge in [0.25, 0.3) is 11.8 Å². The van der Waals surface area contributed by atoms with Crippen LogP contribution in [0, 0.1) is 6.92 Å². The average Bonchev–Trinajstić information content (AvgIpc) is 3.17. The molecular formula is C22H27N7O2S. The third kappa shape index (κ3) is 6.08. The quantitative estimate of drug-likeness (QED) is 0.432. The first-order valence-electron chi connectivity index (χ1n) is 10.4. The van der Waals surface area contributed by atoms with Crippen LogP contribution in [0.1, 0.15) is 40.3 Å². The van der Waals surface area contributed by atoms with Gasteiger partial charge in [0.15, 0.2) is 0 Å². The highest BCUT2D eigenvalue weighted by molar-refractivity contribution is 7.10. The first kappa shape index (κ1) is 23.3. The molecule has 0 aliphatic rings. The van der Waals surface area contributed by atoms with Crippen molar-refractivity contribution >= 4 is 39.9 Å². The Morgan fingerprint density at radius 2 is 1.94 bits per heavy atom. The molecule has 0 atom stereocenters. The molecule has 1 aromatic carbocycles. The lowest BCUT2D eigenvalue weighted by atomic mass is 10.1. The first-order chi connectivity index (χ1) is 15.5. The van der Waals surface area contributed by atoms with E-state index in [9.17, 15) is 9.59 Å². The van der Waals surface area contributed by atoms with Gasteiger partial charge in [-0.15, -0.1) is 0 Å². The van der Waals surface area contributed by atoms with E-state index in [-0.39, 0.29) is 11.8 Å². The van der Waals surface area contributed by atoms with Crippen molar-refractivity contribution in [2.24, 2.45) is 0 Å². The molecule has 3 aromatic rings. The molecule has 0 unspecified atom stereocenters. The molecule has 10 heteroatoms. The zero-order valence-corrected chi connectivity index (χ0v) is 19.2. The average molecular weight is 454 g/mol. The first-order valence-corrected chi connectivity index (χ1v) is 11.2. The number of carbonyl (C=O) groups excluding carboxylic acids is 2. The Hall–Kier alpha value is -3.37. The van der Waals surface area contributed by atoms with Gasteiger partial charge in [-0.2, -0.15) is 4.37 Å². The number of amides is 2. The van der Waals surface area contributed by atoms with Gasteiger partial charge in [-0.25, -0.2) is 4.98 Å². The van der Waals surface area contributed by atoms with E-state index in [4.69, 9.17) is 0 Å². The van der Waals surface area contributed by atoms with Crippen LogP contribution in [-0.4, -0.2) is 57.2 Å². The number of carbonyl (C=O) groups is 2. The highest BCUT2D eigenvalue weighted by Crippen LogP contribution is 2.28. The summed E-state index contributed by atoms with van der Waals surface area (Å²) in [5.74, 6) is 0.0296. The van der Waals surface area contributed by atoms with Crippen LogP contribution in [0.25, 0.3) is 0 Å². The van der Waals surface area contributed by atoms with E-state index in [1.165, 1.54) is 11.5 Å². The van der Waals surface area contributed by atoms with E-state index in [0.29, 0.717) is 39.9 Å². The molecule has 2 heterocycles. The molecule has 0 aliphatic heterocycles. The third-order valence-corrected chi connectivity index (χ3v) is 5.74. The molecule has 0 fully saturated rings. The fraction of sp³-hybridized carbons (Fsp3) is 0.318. The maximum atomic E-state index is 13.0. The van der Waals surface area contributed by atoms with Crippen molar-refractivity contribution in [1.29, 1.82) is 0 Å². The van der Waals surface area contributed by atoms with Gasteiger partial charge in [0, 0.05) is 36.7 Å². The number of nitrogens with zero attached hydrogens (tertiary/aromatic N) is 4. The maximum Gasteiger partial charge on any atom is 0.260 e. The summed E-state index contributed by atoms with van der Waals surface area (Å²) in [6.45, 7) is 9.20. The van der Waals surface area contributed by atoms with Crippen LogP contribution in [-0.2, 0) is 0 Å². The minimum atomic E-state index is -0.318. The van der Waals surface area contributed by atoms with Crippen LogP contribution >= 0.6 is 11.5 Å². The predicted molar refractivity (Wildman–Crippen MR) is 127 cm³/mol. The number of hydrogen-bond acceptors (Lipinski definition) is 8. The smallest absolute Gasteiger partial charge is 0.260 e. The summed E-state index contributed by atoms with van der Waals surface area (Å²) in [7, 11) is 0. The second kappa shape index (κ2) is 11.3. The lowest BCUT2D eigenvalue weighted by Crippen LogP contribution is -2.34. The van der Waals surface area contributed by atoms with Crippen molar-refractivity contribution in [3.05, 3.63) is 59.7 Å². The fourth-order valence-corrected chi connectivity index (χ4v) is 3.91. The molecule has 0 bridgehead atoms. The van der Waals surface area contributed by atoms with E-state index in [1.807, 2.05) is 0 Å². The molecule has 168 valence electrons. The molecule has 0 aliphatic carbocycles. The summed E-state index contributed by atoms with van der Waals surface area (Å²) in [6, 6.07) is 6.87. The molecule has 3 rings (SSSR count). The summed E-state index contributed by atoms with van der Waals surface area (Å²) in [6.07, 6.45) is 4.71. The zero-order valence-electron chi connectivity index (χ0n) is 18.4. The van der Waals surface area contributed by atoms with Crippen LogP contribution < -0.4 is 16.0 Å². The Balaban J connectivity index is 1.66. The van der Waals surface area contributed by atoms with Crippen LogP contribution in [0.2, 0.25) is 0 Å². The highest BCUT2D eigenvalue weighted by Gasteiger charge is 2.19. The van der Waals surface area contributed by atoms with E-state index in [0.717, 1.165) is 19.6 Å². The fourth-order valence-electron chi connectivity index (χ4n) is 3.10. The summed E-state index contributed by atoms with van der Waals surface area (Å²) in [4.78, 5) is 35.9. The van der Waals surface area contributed by atoms with Gasteiger partial charge < -0.3 is 20.9 Å². The molecule has 32 heavy (non-hydrogen) atoms. The molecule has 0 saturated heterocycles. The maximum absolute atomic E-state index is 13.0. The standard InChI is InChI=1S/C22H27N7O2S/c1-4-29(5-2)12-11-25-20(30)16-7-6-8-17(13-16)26-21(31)19-15(3)28-32-22(19)27-18-14-23-9-10-24-18/h6-10,13-14H,4-5,11-12H2,1-3H3,(H,24,27)(H,25,30)(H,26,31). The topological polar surface area (TPSA) is 112 Å². The van der Waals surface area contributed by atoms with Crippen LogP contribution in [0.3, 0.4) is 0 Å². The Bertz CT molecular complexity index is 1050. The van der Waals surface area contributed by atoms with Gasteiger partial charge in [0.05, 0.1) is 17.5 Å². The second-order valence-corrected chi connectivity index (χ2v) is 7.78. The Morgan fingerprint density at radius 1 is 1.12 bits per heavy atom. The Morgan fingerprint density at radius 3 is 2.66 bits per heavy atom. The van der Waals surface area contributed by atoms with Crippen molar-refractivity contribution in [3.63, 3.8) is 0 Å². The summed E-state index contributed by atoms with van der Waals surface area (Å²) in [5.41, 5.74) is 2.04. The summed E-state index contributed by atoms with van der Waals surface area (Å²) >= 11 is 1.18. The second-order valence-electron chi connectivity index (χ2n) is 7.01. The van der Waals surface area contributed by atoms with E-state index in [1.54, 1.807) is 49.8 Å². The molecule has 0 radical (unpaired) electrons. The van der Waals surface area contributed by atoms with Gasteiger partial charge in [-0.1, -0.05) is 19.9 Å². The lowest BCUT2D eigenvalue weighted by Gasteiger charge is -2.18. The van der Waals surface area contributed by atoms with Crippen LogP contribution in [0.4, 0.5) is 16.5 Å².